The normalized spacial score (nSPS) is 9.68. The predicted octanol–water partition coefficient (Wildman–Crippen LogP) is 3.34. The van der Waals surface area contributed by atoms with Crippen LogP contribution in [0.25, 0.3) is 0 Å². The maximum atomic E-state index is 12.1. The first-order valence-electron chi connectivity index (χ1n) is 6.05. The van der Waals surface area contributed by atoms with Gasteiger partial charge in [-0.05, 0) is 30.2 Å². The maximum absolute atomic E-state index is 12.1. The van der Waals surface area contributed by atoms with Gasteiger partial charge in [0.05, 0.1) is 11.1 Å². The van der Waals surface area contributed by atoms with Crippen LogP contribution in [-0.4, -0.2) is 5.97 Å². The van der Waals surface area contributed by atoms with E-state index in [-0.39, 0.29) is 0 Å². The summed E-state index contributed by atoms with van der Waals surface area (Å²) >= 11 is 0. The van der Waals surface area contributed by atoms with Crippen LogP contribution in [0.1, 0.15) is 28.4 Å². The molecule has 0 radical (unpaired) electrons. The Morgan fingerprint density at radius 2 is 1.84 bits per heavy atom. The zero-order valence-corrected chi connectivity index (χ0v) is 10.6. The van der Waals surface area contributed by atoms with E-state index < -0.39 is 5.97 Å². The largest absolute Gasteiger partial charge is 0.422 e. The Labute approximate surface area is 112 Å². The molecular weight excluding hydrogens is 238 g/mol. The van der Waals surface area contributed by atoms with Crippen molar-refractivity contribution in [1.82, 2.24) is 0 Å². The number of carbonyl (C=O) groups is 1. The molecule has 3 heteroatoms. The summed E-state index contributed by atoms with van der Waals surface area (Å²) < 4.78 is 5.30. The molecule has 0 unspecified atom stereocenters. The molecule has 0 spiro atoms. The molecule has 19 heavy (non-hydrogen) atoms. The molecule has 0 aromatic heterocycles. The van der Waals surface area contributed by atoms with E-state index in [1.54, 1.807) is 36.4 Å². The molecular formula is C16H13NO2. The van der Waals surface area contributed by atoms with Gasteiger partial charge in [0.25, 0.3) is 0 Å². The number of rotatable bonds is 3. The van der Waals surface area contributed by atoms with Gasteiger partial charge in [0.1, 0.15) is 11.8 Å². The third-order valence-corrected chi connectivity index (χ3v) is 2.83. The Bertz CT molecular complexity index is 641. The number of aryl methyl sites for hydroxylation is 1. The van der Waals surface area contributed by atoms with Crippen LogP contribution in [-0.2, 0) is 6.42 Å². The molecule has 3 nitrogen and oxygen atoms in total. The van der Waals surface area contributed by atoms with Gasteiger partial charge in [-0.15, -0.1) is 0 Å². The lowest BCUT2D eigenvalue weighted by Gasteiger charge is -2.08. The Kier molecular flexibility index (Phi) is 3.94. The fourth-order valence-electron chi connectivity index (χ4n) is 1.83. The van der Waals surface area contributed by atoms with Gasteiger partial charge < -0.3 is 4.74 Å². The molecule has 0 bridgehead atoms. The second-order valence-corrected chi connectivity index (χ2v) is 4.01. The van der Waals surface area contributed by atoms with Gasteiger partial charge in [-0.1, -0.05) is 37.3 Å². The molecule has 0 aliphatic rings. The summed E-state index contributed by atoms with van der Waals surface area (Å²) in [5.41, 5.74) is 1.82. The van der Waals surface area contributed by atoms with Crippen molar-refractivity contribution in [2.75, 3.05) is 0 Å². The summed E-state index contributed by atoms with van der Waals surface area (Å²) in [5, 5.41) is 8.96. The van der Waals surface area contributed by atoms with Gasteiger partial charge in [-0.3, -0.25) is 0 Å². The summed E-state index contributed by atoms with van der Waals surface area (Å²) in [4.78, 5) is 12.1. The highest BCUT2D eigenvalue weighted by molar-refractivity contribution is 5.92. The van der Waals surface area contributed by atoms with Crippen molar-refractivity contribution in [2.24, 2.45) is 0 Å². The first-order chi connectivity index (χ1) is 9.26. The highest BCUT2D eigenvalue weighted by Crippen LogP contribution is 2.19. The summed E-state index contributed by atoms with van der Waals surface area (Å²) in [6.07, 6.45) is 0.755. The van der Waals surface area contributed by atoms with Crippen LogP contribution in [0.5, 0.6) is 5.75 Å². The van der Waals surface area contributed by atoms with Crippen LogP contribution in [0.4, 0.5) is 0 Å². The van der Waals surface area contributed by atoms with E-state index in [2.05, 4.69) is 0 Å². The van der Waals surface area contributed by atoms with Crippen molar-refractivity contribution >= 4 is 5.97 Å². The molecule has 0 saturated heterocycles. The van der Waals surface area contributed by atoms with Crippen molar-refractivity contribution in [2.45, 2.75) is 13.3 Å². The average Bonchev–Trinajstić information content (AvgIpc) is 2.47. The van der Waals surface area contributed by atoms with E-state index in [1.807, 2.05) is 25.1 Å². The topological polar surface area (TPSA) is 50.1 Å². The molecule has 0 heterocycles. The average molecular weight is 251 g/mol. The summed E-state index contributed by atoms with van der Waals surface area (Å²) in [6, 6.07) is 16.0. The van der Waals surface area contributed by atoms with Crippen molar-refractivity contribution in [3.05, 3.63) is 65.2 Å². The van der Waals surface area contributed by atoms with Gasteiger partial charge >= 0.3 is 5.97 Å². The van der Waals surface area contributed by atoms with Crippen molar-refractivity contribution in [1.29, 1.82) is 5.26 Å². The summed E-state index contributed by atoms with van der Waals surface area (Å²) in [5.74, 6) is -0.138. The fraction of sp³-hybridized carbons (Fsp3) is 0.125. The quantitative estimate of drug-likeness (QED) is 0.621. The number of ether oxygens (including phenoxy) is 1. The first kappa shape index (κ1) is 12.8. The molecule has 94 valence electrons. The summed E-state index contributed by atoms with van der Waals surface area (Å²) in [6.45, 7) is 1.98. The van der Waals surface area contributed by atoms with E-state index in [4.69, 9.17) is 10.00 Å². The predicted molar refractivity (Wildman–Crippen MR) is 71.9 cm³/mol. The molecule has 0 fully saturated rings. The third kappa shape index (κ3) is 2.80. The van der Waals surface area contributed by atoms with E-state index >= 15 is 0 Å². The second-order valence-electron chi connectivity index (χ2n) is 4.01. The van der Waals surface area contributed by atoms with Crippen LogP contribution in [0.3, 0.4) is 0 Å². The van der Waals surface area contributed by atoms with Gasteiger partial charge in [-0.25, -0.2) is 4.79 Å². The number of para-hydroxylation sites is 1. The first-order valence-corrected chi connectivity index (χ1v) is 6.05. The highest BCUT2D eigenvalue weighted by atomic mass is 16.5. The Hall–Kier alpha value is -2.60. The molecule has 0 N–H and O–H groups in total. The fourth-order valence-corrected chi connectivity index (χ4v) is 1.83. The number of nitrogens with zero attached hydrogens (tertiary/aromatic N) is 1. The minimum Gasteiger partial charge on any atom is -0.422 e. The zero-order chi connectivity index (χ0) is 13.7. The lowest BCUT2D eigenvalue weighted by atomic mass is 10.1. The third-order valence-electron chi connectivity index (χ3n) is 2.83. The van der Waals surface area contributed by atoms with Crippen molar-refractivity contribution in [3.63, 3.8) is 0 Å². The van der Waals surface area contributed by atoms with Gasteiger partial charge in [0.2, 0.25) is 0 Å². The van der Waals surface area contributed by atoms with Crippen molar-refractivity contribution < 1.29 is 9.53 Å². The van der Waals surface area contributed by atoms with Crippen LogP contribution in [0, 0.1) is 11.3 Å². The van der Waals surface area contributed by atoms with Gasteiger partial charge in [0, 0.05) is 0 Å². The molecule has 0 saturated carbocycles. The SMILES string of the molecule is CCc1ccccc1C(=O)Oc1ccccc1C#N. The zero-order valence-electron chi connectivity index (χ0n) is 10.6. The van der Waals surface area contributed by atoms with Crippen LogP contribution >= 0.6 is 0 Å². The minimum atomic E-state index is -0.430. The number of benzene rings is 2. The van der Waals surface area contributed by atoms with E-state index in [9.17, 15) is 4.79 Å². The van der Waals surface area contributed by atoms with E-state index in [1.165, 1.54) is 0 Å². The monoisotopic (exact) mass is 251 g/mol. The molecule has 0 amide bonds. The maximum Gasteiger partial charge on any atom is 0.343 e. The lowest BCUT2D eigenvalue weighted by Crippen LogP contribution is -2.11. The molecule has 0 aliphatic carbocycles. The Balaban J connectivity index is 2.29. The molecule has 2 aromatic rings. The van der Waals surface area contributed by atoms with Gasteiger partial charge in [0.15, 0.2) is 0 Å². The number of esters is 1. The minimum absolute atomic E-state index is 0.293. The van der Waals surface area contributed by atoms with Crippen molar-refractivity contribution in [3.8, 4) is 11.8 Å². The standard InChI is InChI=1S/C16H13NO2/c1-2-12-7-3-5-9-14(12)16(18)19-15-10-6-4-8-13(15)11-17/h3-10H,2H2,1H3. The number of carbonyl (C=O) groups excluding carboxylic acids is 1. The van der Waals surface area contributed by atoms with Gasteiger partial charge in [-0.2, -0.15) is 5.26 Å². The Morgan fingerprint density at radius 3 is 2.58 bits per heavy atom. The lowest BCUT2D eigenvalue weighted by molar-refractivity contribution is 0.0733. The molecule has 0 atom stereocenters. The highest BCUT2D eigenvalue weighted by Gasteiger charge is 2.13. The number of nitriles is 1. The van der Waals surface area contributed by atoms with E-state index in [0.29, 0.717) is 16.9 Å². The Morgan fingerprint density at radius 1 is 1.16 bits per heavy atom. The van der Waals surface area contributed by atoms with Crippen LogP contribution in [0.15, 0.2) is 48.5 Å². The van der Waals surface area contributed by atoms with E-state index in [0.717, 1.165) is 12.0 Å². The van der Waals surface area contributed by atoms with Crippen LogP contribution < -0.4 is 4.74 Å². The molecule has 2 rings (SSSR count). The molecule has 0 aliphatic heterocycles. The number of hydrogen-bond acceptors (Lipinski definition) is 3. The number of hydrogen-bond donors (Lipinski definition) is 0. The summed E-state index contributed by atoms with van der Waals surface area (Å²) in [7, 11) is 0. The van der Waals surface area contributed by atoms with Crippen LogP contribution in [0.2, 0.25) is 0 Å². The second kappa shape index (κ2) is 5.83. The molecule has 2 aromatic carbocycles. The smallest absolute Gasteiger partial charge is 0.343 e.